The van der Waals surface area contributed by atoms with E-state index < -0.39 is 5.60 Å². The van der Waals surface area contributed by atoms with Crippen LogP contribution in [-0.4, -0.2) is 22.5 Å². The van der Waals surface area contributed by atoms with E-state index in [2.05, 4.69) is 17.1 Å². The van der Waals surface area contributed by atoms with Gasteiger partial charge in [0.1, 0.15) is 0 Å². The second-order valence-electron chi connectivity index (χ2n) is 4.65. The standard InChI is InChI=1S/C13H17NO/c1-13(2,15)12-9-8-11(14-12)10-6-4-3-5-7-10/h3-7,12,15H,8-9H2,1-2H3. The summed E-state index contributed by atoms with van der Waals surface area (Å²) in [6.45, 7) is 3.66. The predicted molar refractivity (Wildman–Crippen MR) is 62.3 cm³/mol. The van der Waals surface area contributed by atoms with Crippen LogP contribution in [0.3, 0.4) is 0 Å². The molecule has 2 heteroatoms. The number of aliphatic hydroxyl groups is 1. The summed E-state index contributed by atoms with van der Waals surface area (Å²) in [6.07, 6.45) is 1.92. The summed E-state index contributed by atoms with van der Waals surface area (Å²) in [7, 11) is 0. The Balaban J connectivity index is 2.21. The summed E-state index contributed by atoms with van der Waals surface area (Å²) < 4.78 is 0. The van der Waals surface area contributed by atoms with E-state index in [4.69, 9.17) is 0 Å². The van der Waals surface area contributed by atoms with Gasteiger partial charge in [-0.15, -0.1) is 0 Å². The number of hydrogen-bond donors (Lipinski definition) is 1. The lowest BCUT2D eigenvalue weighted by molar-refractivity contribution is 0.0535. The van der Waals surface area contributed by atoms with Gasteiger partial charge in [0.2, 0.25) is 0 Å². The first-order valence-electron chi connectivity index (χ1n) is 5.42. The van der Waals surface area contributed by atoms with Crippen molar-refractivity contribution in [2.24, 2.45) is 4.99 Å². The second-order valence-corrected chi connectivity index (χ2v) is 4.65. The molecule has 1 aromatic carbocycles. The van der Waals surface area contributed by atoms with Crippen LogP contribution >= 0.6 is 0 Å². The lowest BCUT2D eigenvalue weighted by atomic mass is 9.97. The van der Waals surface area contributed by atoms with Crippen molar-refractivity contribution < 1.29 is 5.11 Å². The summed E-state index contributed by atoms with van der Waals surface area (Å²) in [5.74, 6) is 0. The van der Waals surface area contributed by atoms with Crippen molar-refractivity contribution >= 4 is 5.71 Å². The minimum atomic E-state index is -0.698. The molecule has 2 rings (SSSR count). The fourth-order valence-corrected chi connectivity index (χ4v) is 1.95. The number of aliphatic imine (C=N–C) groups is 1. The first-order chi connectivity index (χ1) is 7.07. The molecule has 0 bridgehead atoms. The molecule has 0 radical (unpaired) electrons. The molecule has 0 saturated carbocycles. The van der Waals surface area contributed by atoms with E-state index in [0.717, 1.165) is 18.6 Å². The van der Waals surface area contributed by atoms with Crippen molar-refractivity contribution in [1.82, 2.24) is 0 Å². The van der Waals surface area contributed by atoms with Crippen LogP contribution in [0.25, 0.3) is 0 Å². The van der Waals surface area contributed by atoms with Gasteiger partial charge in [0.15, 0.2) is 0 Å². The molecular formula is C13H17NO. The maximum absolute atomic E-state index is 9.88. The monoisotopic (exact) mass is 203 g/mol. The predicted octanol–water partition coefficient (Wildman–Crippen LogP) is 2.41. The van der Waals surface area contributed by atoms with Crippen LogP contribution in [0, 0.1) is 0 Å². The zero-order valence-electron chi connectivity index (χ0n) is 9.27. The van der Waals surface area contributed by atoms with E-state index in [1.165, 1.54) is 5.56 Å². The third-order valence-corrected chi connectivity index (χ3v) is 2.89. The van der Waals surface area contributed by atoms with Crippen molar-refractivity contribution in [3.63, 3.8) is 0 Å². The molecular weight excluding hydrogens is 186 g/mol. The lowest BCUT2D eigenvalue weighted by Gasteiger charge is -2.22. The van der Waals surface area contributed by atoms with Gasteiger partial charge >= 0.3 is 0 Å². The van der Waals surface area contributed by atoms with E-state index in [1.807, 2.05) is 32.0 Å². The Morgan fingerprint density at radius 1 is 1.27 bits per heavy atom. The molecule has 0 fully saturated rings. The molecule has 0 aliphatic carbocycles. The van der Waals surface area contributed by atoms with Crippen LogP contribution in [-0.2, 0) is 0 Å². The van der Waals surface area contributed by atoms with Gasteiger partial charge in [0.05, 0.1) is 11.6 Å². The number of hydrogen-bond acceptors (Lipinski definition) is 2. The Kier molecular flexibility index (Phi) is 2.61. The van der Waals surface area contributed by atoms with Crippen LogP contribution in [0.15, 0.2) is 35.3 Å². The zero-order chi connectivity index (χ0) is 10.9. The maximum atomic E-state index is 9.88. The molecule has 1 heterocycles. The molecule has 0 aromatic heterocycles. The minimum absolute atomic E-state index is 0.0488. The van der Waals surface area contributed by atoms with Gasteiger partial charge in [-0.25, -0.2) is 0 Å². The van der Waals surface area contributed by atoms with Crippen LogP contribution in [0.1, 0.15) is 32.3 Å². The Hall–Kier alpha value is -1.15. The van der Waals surface area contributed by atoms with Crippen molar-refractivity contribution in [1.29, 1.82) is 0 Å². The number of nitrogens with zero attached hydrogens (tertiary/aromatic N) is 1. The van der Waals surface area contributed by atoms with E-state index >= 15 is 0 Å². The van der Waals surface area contributed by atoms with Gasteiger partial charge in [0, 0.05) is 5.71 Å². The molecule has 0 saturated heterocycles. The Bertz CT molecular complexity index is 362. The van der Waals surface area contributed by atoms with Crippen LogP contribution in [0.2, 0.25) is 0 Å². The molecule has 1 aliphatic heterocycles. The highest BCUT2D eigenvalue weighted by Crippen LogP contribution is 2.26. The van der Waals surface area contributed by atoms with E-state index in [1.54, 1.807) is 0 Å². The van der Waals surface area contributed by atoms with Gasteiger partial charge in [-0.05, 0) is 32.3 Å². The molecule has 1 aliphatic rings. The third-order valence-electron chi connectivity index (χ3n) is 2.89. The number of benzene rings is 1. The molecule has 1 aromatic rings. The van der Waals surface area contributed by atoms with Gasteiger partial charge < -0.3 is 5.11 Å². The molecule has 80 valence electrons. The van der Waals surface area contributed by atoms with Gasteiger partial charge in [-0.1, -0.05) is 30.3 Å². The Morgan fingerprint density at radius 3 is 2.47 bits per heavy atom. The van der Waals surface area contributed by atoms with E-state index in [9.17, 15) is 5.11 Å². The molecule has 0 spiro atoms. The summed E-state index contributed by atoms with van der Waals surface area (Å²) in [5, 5.41) is 9.88. The van der Waals surface area contributed by atoms with E-state index in [-0.39, 0.29) is 6.04 Å². The quantitative estimate of drug-likeness (QED) is 0.786. The Labute approximate surface area is 90.7 Å². The highest BCUT2D eigenvalue weighted by Gasteiger charge is 2.30. The van der Waals surface area contributed by atoms with Crippen LogP contribution in [0.4, 0.5) is 0 Å². The minimum Gasteiger partial charge on any atom is -0.388 e. The van der Waals surface area contributed by atoms with Gasteiger partial charge in [0.25, 0.3) is 0 Å². The summed E-state index contributed by atoms with van der Waals surface area (Å²) >= 11 is 0. The second kappa shape index (κ2) is 3.78. The molecule has 0 amide bonds. The molecule has 2 nitrogen and oxygen atoms in total. The lowest BCUT2D eigenvalue weighted by Crippen LogP contribution is -2.32. The first kappa shape index (κ1) is 10.4. The summed E-state index contributed by atoms with van der Waals surface area (Å²) in [4.78, 5) is 4.60. The normalized spacial score (nSPS) is 21.5. The largest absolute Gasteiger partial charge is 0.388 e. The average Bonchev–Trinajstić information content (AvgIpc) is 2.67. The summed E-state index contributed by atoms with van der Waals surface area (Å²) in [6, 6.07) is 10.3. The van der Waals surface area contributed by atoms with Crippen molar-refractivity contribution in [3.05, 3.63) is 35.9 Å². The van der Waals surface area contributed by atoms with Crippen molar-refractivity contribution in [3.8, 4) is 0 Å². The van der Waals surface area contributed by atoms with Crippen molar-refractivity contribution in [2.75, 3.05) is 0 Å². The fourth-order valence-electron chi connectivity index (χ4n) is 1.95. The SMILES string of the molecule is CC(C)(O)C1CCC(c2ccccc2)=N1. The molecule has 1 unspecified atom stereocenters. The average molecular weight is 203 g/mol. The smallest absolute Gasteiger partial charge is 0.0814 e. The zero-order valence-corrected chi connectivity index (χ0v) is 9.27. The third kappa shape index (κ3) is 2.26. The van der Waals surface area contributed by atoms with Gasteiger partial charge in [-0.3, -0.25) is 4.99 Å². The van der Waals surface area contributed by atoms with Crippen LogP contribution < -0.4 is 0 Å². The topological polar surface area (TPSA) is 32.6 Å². The maximum Gasteiger partial charge on any atom is 0.0814 e. The highest BCUT2D eigenvalue weighted by atomic mass is 16.3. The number of rotatable bonds is 2. The molecule has 15 heavy (non-hydrogen) atoms. The van der Waals surface area contributed by atoms with Crippen molar-refractivity contribution in [2.45, 2.75) is 38.3 Å². The molecule has 1 atom stereocenters. The van der Waals surface area contributed by atoms with Gasteiger partial charge in [-0.2, -0.15) is 0 Å². The fraction of sp³-hybridized carbons (Fsp3) is 0.462. The van der Waals surface area contributed by atoms with Crippen LogP contribution in [0.5, 0.6) is 0 Å². The summed E-state index contributed by atoms with van der Waals surface area (Å²) in [5.41, 5.74) is 1.61. The highest BCUT2D eigenvalue weighted by molar-refractivity contribution is 6.01. The van der Waals surface area contributed by atoms with E-state index in [0.29, 0.717) is 0 Å². The molecule has 1 N–H and O–H groups in total. The Morgan fingerprint density at radius 2 is 1.93 bits per heavy atom. The first-order valence-corrected chi connectivity index (χ1v) is 5.42.